The summed E-state index contributed by atoms with van der Waals surface area (Å²) in [5.41, 5.74) is 1.34. The number of phenolic OH excluding ortho intramolecular Hbond substituents is 1. The number of aromatic hydroxyl groups is 1. The molecule has 7 N–H and O–H groups in total. The van der Waals surface area contributed by atoms with Crippen LogP contribution in [-0.2, 0) is 4.79 Å². The fraction of sp³-hybridized carbons (Fsp3) is 0.222. The molecule has 0 bridgehead atoms. The van der Waals surface area contributed by atoms with Gasteiger partial charge in [-0.25, -0.2) is 0 Å². The van der Waals surface area contributed by atoms with Gasteiger partial charge in [-0.2, -0.15) is 0 Å². The Bertz CT molecular complexity index is 826. The van der Waals surface area contributed by atoms with E-state index in [1.165, 1.54) is 29.2 Å². The van der Waals surface area contributed by atoms with Gasteiger partial charge in [0.05, 0.1) is 0 Å². The number of nitrogens with zero attached hydrogens (tertiary/aromatic N) is 2. The molecule has 1 fully saturated rings. The maximum Gasteiger partial charge on any atom is 0.294 e. The summed E-state index contributed by atoms with van der Waals surface area (Å²) in [4.78, 5) is 21.9. The van der Waals surface area contributed by atoms with Gasteiger partial charge in [0.1, 0.15) is 5.75 Å². The largest absolute Gasteiger partial charge is 0.508 e. The Kier molecular flexibility index (Phi) is 7.09. The number of anilines is 2. The zero-order valence-electron chi connectivity index (χ0n) is 15.1. The van der Waals surface area contributed by atoms with Gasteiger partial charge >= 0.3 is 0 Å². The molecule has 2 aromatic carbocycles. The maximum absolute atomic E-state index is 12.2. The number of benzene rings is 2. The summed E-state index contributed by atoms with van der Waals surface area (Å²) in [7, 11) is 0. The van der Waals surface area contributed by atoms with Gasteiger partial charge in [-0.05, 0) is 48.5 Å². The predicted octanol–water partition coefficient (Wildman–Crippen LogP) is -0.187. The number of aliphatic hydroxyl groups is 3. The summed E-state index contributed by atoms with van der Waals surface area (Å²) in [5, 5.41) is 58.0. The summed E-state index contributed by atoms with van der Waals surface area (Å²) >= 11 is 0. The van der Waals surface area contributed by atoms with Gasteiger partial charge in [-0.3, -0.25) is 9.59 Å². The summed E-state index contributed by atoms with van der Waals surface area (Å²) < 4.78 is 0. The molecule has 0 saturated carbocycles. The SMILES string of the molecule is O=C(Nc1ccc(O)cc1)c1ccc(N2CCN(O)C(O)(O)C2O)cc1.O=CO. The summed E-state index contributed by atoms with van der Waals surface area (Å²) in [6.45, 7) is -0.188. The average molecular weight is 407 g/mol. The van der Waals surface area contributed by atoms with E-state index in [9.17, 15) is 30.4 Å². The summed E-state index contributed by atoms with van der Waals surface area (Å²) in [6, 6.07) is 12.2. The molecule has 11 nitrogen and oxygen atoms in total. The highest BCUT2D eigenvalue weighted by atomic mass is 16.7. The highest BCUT2D eigenvalue weighted by Crippen LogP contribution is 2.26. The lowest BCUT2D eigenvalue weighted by Crippen LogP contribution is -2.67. The van der Waals surface area contributed by atoms with Crippen LogP contribution < -0.4 is 10.2 Å². The van der Waals surface area contributed by atoms with Crippen molar-refractivity contribution in [2.24, 2.45) is 0 Å². The number of carbonyl (C=O) groups excluding carboxylic acids is 1. The molecule has 156 valence electrons. The van der Waals surface area contributed by atoms with Crippen molar-refractivity contribution >= 4 is 23.8 Å². The van der Waals surface area contributed by atoms with Crippen LogP contribution in [0.3, 0.4) is 0 Å². The molecule has 1 aliphatic heterocycles. The third-order valence-corrected chi connectivity index (χ3v) is 4.16. The smallest absolute Gasteiger partial charge is 0.294 e. The molecule has 11 heteroatoms. The quantitative estimate of drug-likeness (QED) is 0.205. The topological polar surface area (TPSA) is 174 Å². The number of hydrogen-bond acceptors (Lipinski definition) is 9. The minimum atomic E-state index is -2.80. The molecular weight excluding hydrogens is 386 g/mol. The minimum absolute atomic E-state index is 0.0901. The Morgan fingerprint density at radius 1 is 1.07 bits per heavy atom. The van der Waals surface area contributed by atoms with Crippen LogP contribution in [-0.4, -0.2) is 73.4 Å². The van der Waals surface area contributed by atoms with Crippen LogP contribution >= 0.6 is 0 Å². The van der Waals surface area contributed by atoms with Gasteiger partial charge in [-0.15, -0.1) is 5.06 Å². The van der Waals surface area contributed by atoms with Crippen LogP contribution in [0.1, 0.15) is 10.4 Å². The Balaban J connectivity index is 0.000000941. The number of rotatable bonds is 3. The van der Waals surface area contributed by atoms with Gasteiger partial charge in [0, 0.05) is 30.0 Å². The molecule has 0 radical (unpaired) electrons. The monoisotopic (exact) mass is 407 g/mol. The molecule has 0 spiro atoms. The van der Waals surface area contributed by atoms with E-state index in [4.69, 9.17) is 9.90 Å². The molecule has 1 unspecified atom stereocenters. The molecule has 2 aromatic rings. The highest BCUT2D eigenvalue weighted by molar-refractivity contribution is 6.04. The third-order valence-electron chi connectivity index (χ3n) is 4.16. The number of nitrogens with one attached hydrogen (secondary N) is 1. The van der Waals surface area contributed by atoms with Crippen LogP contribution in [0.4, 0.5) is 11.4 Å². The van der Waals surface area contributed by atoms with Gasteiger partial charge in [0.15, 0.2) is 6.23 Å². The van der Waals surface area contributed by atoms with E-state index >= 15 is 0 Å². The van der Waals surface area contributed by atoms with Crippen molar-refractivity contribution in [1.82, 2.24) is 5.06 Å². The van der Waals surface area contributed by atoms with E-state index in [1.54, 1.807) is 24.3 Å². The molecule has 3 rings (SSSR count). The standard InChI is InChI=1S/C17H19N3O6.CH2O2/c21-14-7-3-12(4-8-14)18-15(22)11-1-5-13(6-2-11)19-9-10-20(26)17(24,25)16(19)23;2-1-3/h1-8,16,21,23-26H,9-10H2,(H,18,22);1H,(H,2,3). The van der Waals surface area contributed by atoms with Crippen molar-refractivity contribution in [3.8, 4) is 5.75 Å². The van der Waals surface area contributed by atoms with Crippen molar-refractivity contribution < 1.29 is 40.3 Å². The van der Waals surface area contributed by atoms with Gasteiger partial charge in [0.2, 0.25) is 0 Å². The number of carbonyl (C=O) groups is 2. The van der Waals surface area contributed by atoms with Crippen LogP contribution in [0.15, 0.2) is 48.5 Å². The second-order valence-corrected chi connectivity index (χ2v) is 6.03. The van der Waals surface area contributed by atoms with E-state index in [-0.39, 0.29) is 36.3 Å². The molecule has 1 atom stereocenters. The second-order valence-electron chi connectivity index (χ2n) is 6.03. The van der Waals surface area contributed by atoms with Crippen LogP contribution in [0.25, 0.3) is 0 Å². The lowest BCUT2D eigenvalue weighted by atomic mass is 10.1. The van der Waals surface area contributed by atoms with E-state index in [1.807, 2.05) is 0 Å². The van der Waals surface area contributed by atoms with E-state index in [0.717, 1.165) is 0 Å². The number of carboxylic acid groups (broad SMARTS) is 1. The van der Waals surface area contributed by atoms with Gasteiger partial charge in [0.25, 0.3) is 18.3 Å². The lowest BCUT2D eigenvalue weighted by molar-refractivity contribution is -0.400. The zero-order valence-corrected chi connectivity index (χ0v) is 15.1. The number of hydroxylamine groups is 2. The molecule has 1 saturated heterocycles. The van der Waals surface area contributed by atoms with Crippen molar-refractivity contribution in [3.63, 3.8) is 0 Å². The van der Waals surface area contributed by atoms with Crippen molar-refractivity contribution in [2.45, 2.75) is 12.1 Å². The third kappa shape index (κ3) is 5.19. The van der Waals surface area contributed by atoms with Crippen LogP contribution in [0.5, 0.6) is 5.75 Å². The zero-order chi connectivity index (χ0) is 21.6. The predicted molar refractivity (Wildman–Crippen MR) is 100 cm³/mol. The Labute approximate surface area is 165 Å². The Morgan fingerprint density at radius 2 is 1.62 bits per heavy atom. The molecule has 1 aliphatic rings. The van der Waals surface area contributed by atoms with E-state index in [0.29, 0.717) is 16.9 Å². The highest BCUT2D eigenvalue weighted by Gasteiger charge is 2.47. The molecule has 0 aromatic heterocycles. The summed E-state index contributed by atoms with van der Waals surface area (Å²) in [6.07, 6.45) is -1.77. The molecule has 29 heavy (non-hydrogen) atoms. The normalized spacial score (nSPS) is 18.3. The first kappa shape index (κ1) is 22.1. The first-order valence-electron chi connectivity index (χ1n) is 8.35. The van der Waals surface area contributed by atoms with Crippen LogP contribution in [0.2, 0.25) is 0 Å². The van der Waals surface area contributed by atoms with Crippen LogP contribution in [0, 0.1) is 0 Å². The first-order valence-corrected chi connectivity index (χ1v) is 8.35. The van der Waals surface area contributed by atoms with Crippen molar-refractivity contribution in [1.29, 1.82) is 0 Å². The first-order chi connectivity index (χ1) is 13.7. The maximum atomic E-state index is 12.2. The van der Waals surface area contributed by atoms with Crippen molar-refractivity contribution in [2.75, 3.05) is 23.3 Å². The van der Waals surface area contributed by atoms with E-state index in [2.05, 4.69) is 5.32 Å². The number of piperazine rings is 1. The fourth-order valence-electron chi connectivity index (χ4n) is 2.65. The van der Waals surface area contributed by atoms with Gasteiger partial charge < -0.3 is 41.0 Å². The summed E-state index contributed by atoms with van der Waals surface area (Å²) in [5.74, 6) is -3.06. The molecule has 0 aliphatic carbocycles. The fourth-order valence-corrected chi connectivity index (χ4v) is 2.65. The molecule has 1 amide bonds. The number of phenols is 1. The molecule has 1 heterocycles. The van der Waals surface area contributed by atoms with E-state index < -0.39 is 12.1 Å². The Hall–Kier alpha value is -3.22. The number of hydrogen-bond donors (Lipinski definition) is 7. The Morgan fingerprint density at radius 3 is 2.17 bits per heavy atom. The lowest BCUT2D eigenvalue weighted by Gasteiger charge is -2.45. The molecular formula is C18H21N3O8. The van der Waals surface area contributed by atoms with Gasteiger partial charge in [-0.1, -0.05) is 0 Å². The average Bonchev–Trinajstić information content (AvgIpc) is 2.69. The minimum Gasteiger partial charge on any atom is -0.508 e. The van der Waals surface area contributed by atoms with Crippen molar-refractivity contribution in [3.05, 3.63) is 54.1 Å². The number of amides is 1. The number of aliphatic hydroxyl groups excluding tert-OH is 1. The second kappa shape index (κ2) is 9.32.